The third-order valence-electron chi connectivity index (χ3n) is 4.66. The zero-order chi connectivity index (χ0) is 18.5. The molecule has 5 nitrogen and oxygen atoms in total. The number of hydrogen-bond acceptors (Lipinski definition) is 3. The zero-order valence-corrected chi connectivity index (χ0v) is 15.2. The minimum atomic E-state index is -0.0474. The van der Waals surface area contributed by atoms with Crippen molar-refractivity contribution in [3.63, 3.8) is 0 Å². The van der Waals surface area contributed by atoms with E-state index in [-0.39, 0.29) is 17.7 Å². The summed E-state index contributed by atoms with van der Waals surface area (Å²) in [6.45, 7) is 4.89. The molecule has 1 heterocycles. The lowest BCUT2D eigenvalue weighted by Gasteiger charge is -2.30. The van der Waals surface area contributed by atoms with Gasteiger partial charge in [-0.05, 0) is 61.7 Å². The van der Waals surface area contributed by atoms with Crippen LogP contribution in [0.3, 0.4) is 0 Å². The van der Waals surface area contributed by atoms with E-state index >= 15 is 0 Å². The third kappa shape index (κ3) is 4.63. The van der Waals surface area contributed by atoms with E-state index in [9.17, 15) is 9.59 Å². The first-order chi connectivity index (χ1) is 12.5. The van der Waals surface area contributed by atoms with E-state index in [2.05, 4.69) is 5.32 Å². The Morgan fingerprint density at radius 3 is 2.35 bits per heavy atom. The summed E-state index contributed by atoms with van der Waals surface area (Å²) in [5.41, 5.74) is 1.89. The molecule has 0 atom stereocenters. The number of piperidine rings is 1. The molecule has 2 aromatic carbocycles. The molecule has 1 N–H and O–H groups in total. The number of aryl methyl sites for hydroxylation is 1. The van der Waals surface area contributed by atoms with Crippen LogP contribution in [0.25, 0.3) is 0 Å². The fraction of sp³-hybridized carbons (Fsp3) is 0.333. The number of carbonyl (C=O) groups is 2. The van der Waals surface area contributed by atoms with Crippen molar-refractivity contribution in [2.75, 3.05) is 18.4 Å². The molecule has 0 aromatic heterocycles. The van der Waals surface area contributed by atoms with Gasteiger partial charge in [-0.15, -0.1) is 0 Å². The smallest absolute Gasteiger partial charge is 0.227 e. The molecule has 0 saturated carbocycles. The van der Waals surface area contributed by atoms with Crippen LogP contribution in [-0.2, 0) is 9.59 Å². The number of anilines is 1. The van der Waals surface area contributed by atoms with Gasteiger partial charge in [0.25, 0.3) is 0 Å². The number of ether oxygens (including phenoxy) is 1. The molecule has 0 spiro atoms. The van der Waals surface area contributed by atoms with E-state index in [1.54, 1.807) is 11.8 Å². The highest BCUT2D eigenvalue weighted by Crippen LogP contribution is 2.25. The first-order valence-electron chi connectivity index (χ1n) is 8.92. The molecule has 1 aliphatic heterocycles. The van der Waals surface area contributed by atoms with Gasteiger partial charge in [-0.2, -0.15) is 0 Å². The van der Waals surface area contributed by atoms with Gasteiger partial charge in [0.05, 0.1) is 0 Å². The van der Waals surface area contributed by atoms with Crippen molar-refractivity contribution >= 4 is 17.5 Å². The van der Waals surface area contributed by atoms with Gasteiger partial charge in [0.1, 0.15) is 11.5 Å². The summed E-state index contributed by atoms with van der Waals surface area (Å²) >= 11 is 0. The minimum Gasteiger partial charge on any atom is -0.457 e. The van der Waals surface area contributed by atoms with Crippen LogP contribution in [0.2, 0.25) is 0 Å². The van der Waals surface area contributed by atoms with Gasteiger partial charge < -0.3 is 15.0 Å². The maximum Gasteiger partial charge on any atom is 0.227 e. The van der Waals surface area contributed by atoms with Gasteiger partial charge in [-0.3, -0.25) is 9.59 Å². The Balaban J connectivity index is 1.54. The van der Waals surface area contributed by atoms with Crippen molar-refractivity contribution in [1.82, 2.24) is 4.90 Å². The van der Waals surface area contributed by atoms with Crippen molar-refractivity contribution in [3.8, 4) is 11.5 Å². The highest BCUT2D eigenvalue weighted by Gasteiger charge is 2.25. The van der Waals surface area contributed by atoms with Crippen LogP contribution in [-0.4, -0.2) is 29.8 Å². The van der Waals surface area contributed by atoms with Crippen LogP contribution in [0.15, 0.2) is 48.5 Å². The lowest BCUT2D eigenvalue weighted by Crippen LogP contribution is -2.40. The second-order valence-electron chi connectivity index (χ2n) is 6.71. The summed E-state index contributed by atoms with van der Waals surface area (Å²) in [7, 11) is 0. The highest BCUT2D eigenvalue weighted by atomic mass is 16.5. The van der Waals surface area contributed by atoms with Gasteiger partial charge >= 0.3 is 0 Å². The second kappa shape index (κ2) is 8.04. The van der Waals surface area contributed by atoms with Crippen LogP contribution in [0.4, 0.5) is 5.69 Å². The van der Waals surface area contributed by atoms with Crippen LogP contribution < -0.4 is 10.1 Å². The number of nitrogens with one attached hydrogen (secondary N) is 1. The van der Waals surface area contributed by atoms with Gasteiger partial charge in [-0.25, -0.2) is 0 Å². The lowest BCUT2D eigenvalue weighted by molar-refractivity contribution is -0.132. The SMILES string of the molecule is CC(=O)N1CCC(C(=O)Nc2ccc(Oc3cccc(C)c3)cc2)CC1. The summed E-state index contributed by atoms with van der Waals surface area (Å²) in [6, 6.07) is 15.2. The van der Waals surface area contributed by atoms with Crippen LogP contribution in [0.5, 0.6) is 11.5 Å². The monoisotopic (exact) mass is 352 g/mol. The number of hydrogen-bond donors (Lipinski definition) is 1. The topological polar surface area (TPSA) is 58.6 Å². The maximum atomic E-state index is 12.4. The average Bonchev–Trinajstić information content (AvgIpc) is 2.63. The Morgan fingerprint density at radius 2 is 1.73 bits per heavy atom. The molecular weight excluding hydrogens is 328 g/mol. The molecule has 1 fully saturated rings. The molecule has 136 valence electrons. The van der Waals surface area contributed by atoms with Crippen LogP contribution in [0.1, 0.15) is 25.3 Å². The number of likely N-dealkylation sites (tertiary alicyclic amines) is 1. The van der Waals surface area contributed by atoms with E-state index in [4.69, 9.17) is 4.74 Å². The Morgan fingerprint density at radius 1 is 1.04 bits per heavy atom. The van der Waals surface area contributed by atoms with E-state index in [0.29, 0.717) is 25.9 Å². The summed E-state index contributed by atoms with van der Waals surface area (Å²) in [6.07, 6.45) is 1.42. The largest absolute Gasteiger partial charge is 0.457 e. The molecule has 2 amide bonds. The predicted molar refractivity (Wildman–Crippen MR) is 101 cm³/mol. The Kier molecular flexibility index (Phi) is 5.56. The van der Waals surface area contributed by atoms with Crippen LogP contribution in [0, 0.1) is 12.8 Å². The molecule has 1 saturated heterocycles. The summed E-state index contributed by atoms with van der Waals surface area (Å²) < 4.78 is 5.82. The second-order valence-corrected chi connectivity index (χ2v) is 6.71. The zero-order valence-electron chi connectivity index (χ0n) is 15.2. The molecule has 1 aliphatic rings. The maximum absolute atomic E-state index is 12.4. The first-order valence-corrected chi connectivity index (χ1v) is 8.92. The Labute approximate surface area is 154 Å². The van der Waals surface area contributed by atoms with Gasteiger partial charge in [0.15, 0.2) is 0 Å². The lowest BCUT2D eigenvalue weighted by atomic mass is 9.96. The number of nitrogens with zero attached hydrogens (tertiary/aromatic N) is 1. The number of rotatable bonds is 4. The predicted octanol–water partition coefficient (Wildman–Crippen LogP) is 3.98. The van der Waals surface area contributed by atoms with Crippen molar-refractivity contribution in [1.29, 1.82) is 0 Å². The molecule has 0 bridgehead atoms. The normalized spacial score (nSPS) is 14.8. The fourth-order valence-electron chi connectivity index (χ4n) is 3.12. The van der Waals surface area contributed by atoms with E-state index < -0.39 is 0 Å². The summed E-state index contributed by atoms with van der Waals surface area (Å²) in [4.78, 5) is 25.6. The summed E-state index contributed by atoms with van der Waals surface area (Å²) in [5.74, 6) is 1.56. The van der Waals surface area contributed by atoms with Gasteiger partial charge in [0.2, 0.25) is 11.8 Å². The number of carbonyl (C=O) groups excluding carboxylic acids is 2. The van der Waals surface area contributed by atoms with Crippen molar-refractivity contribution < 1.29 is 14.3 Å². The van der Waals surface area contributed by atoms with Crippen molar-refractivity contribution in [3.05, 3.63) is 54.1 Å². The minimum absolute atomic E-state index is 0.0144. The number of benzene rings is 2. The molecule has 2 aromatic rings. The molecular formula is C21H24N2O3. The van der Waals surface area contributed by atoms with Gasteiger partial charge in [-0.1, -0.05) is 12.1 Å². The van der Waals surface area contributed by atoms with Crippen LogP contribution >= 0.6 is 0 Å². The number of amides is 2. The van der Waals surface area contributed by atoms with Crippen molar-refractivity contribution in [2.24, 2.45) is 5.92 Å². The van der Waals surface area contributed by atoms with E-state index in [1.807, 2.05) is 55.5 Å². The molecule has 26 heavy (non-hydrogen) atoms. The standard InChI is InChI=1S/C21H24N2O3/c1-15-4-3-5-20(14-15)26-19-8-6-18(7-9-19)22-21(25)17-10-12-23(13-11-17)16(2)24/h3-9,14,17H,10-13H2,1-2H3,(H,22,25). The first kappa shape index (κ1) is 18.0. The van der Waals surface area contributed by atoms with Crippen molar-refractivity contribution in [2.45, 2.75) is 26.7 Å². The average molecular weight is 352 g/mol. The summed E-state index contributed by atoms with van der Waals surface area (Å²) in [5, 5.41) is 2.96. The van der Waals surface area contributed by atoms with E-state index in [1.165, 1.54) is 0 Å². The van der Waals surface area contributed by atoms with E-state index in [0.717, 1.165) is 22.7 Å². The van der Waals surface area contributed by atoms with Gasteiger partial charge in [0, 0.05) is 31.6 Å². The quantitative estimate of drug-likeness (QED) is 0.905. The fourth-order valence-corrected chi connectivity index (χ4v) is 3.12. The Hall–Kier alpha value is -2.82. The molecule has 0 aliphatic carbocycles. The highest BCUT2D eigenvalue weighted by molar-refractivity contribution is 5.92. The molecule has 5 heteroatoms. The Bertz CT molecular complexity index is 778. The molecule has 0 unspecified atom stereocenters. The third-order valence-corrected chi connectivity index (χ3v) is 4.66. The molecule has 0 radical (unpaired) electrons. The molecule has 3 rings (SSSR count).